The highest BCUT2D eigenvalue weighted by Gasteiger charge is 2.13. The third kappa shape index (κ3) is 6.54. The maximum atomic E-state index is 13.4. The van der Waals surface area contributed by atoms with Crippen LogP contribution in [0.5, 0.6) is 0 Å². The number of carbonyl (C=O) groups is 3. The number of hydrogen-bond donors (Lipinski definition) is 2. The molecule has 0 bridgehead atoms. The highest BCUT2D eigenvalue weighted by Crippen LogP contribution is 2.20. The molecule has 0 saturated heterocycles. The van der Waals surface area contributed by atoms with Gasteiger partial charge in [0.15, 0.2) is 6.61 Å². The third-order valence-electron chi connectivity index (χ3n) is 3.37. The molecule has 0 aliphatic carbocycles. The Morgan fingerprint density at radius 1 is 1.04 bits per heavy atom. The van der Waals surface area contributed by atoms with Crippen LogP contribution < -0.4 is 10.6 Å². The molecular weight excluding hydrogens is 398 g/mol. The molecule has 0 radical (unpaired) electrons. The topological polar surface area (TPSA) is 84.5 Å². The van der Waals surface area contributed by atoms with Gasteiger partial charge in [-0.25, -0.2) is 4.39 Å². The van der Waals surface area contributed by atoms with Gasteiger partial charge in [0.25, 0.3) is 11.8 Å². The van der Waals surface area contributed by atoms with Crippen LogP contribution in [0.1, 0.15) is 15.9 Å². The Hall–Kier alpha value is -2.64. The van der Waals surface area contributed by atoms with Gasteiger partial charge in [0.2, 0.25) is 0 Å². The lowest BCUT2D eigenvalue weighted by atomic mass is 10.2. The van der Waals surface area contributed by atoms with E-state index in [1.54, 1.807) is 6.07 Å². The Kier molecular flexibility index (Phi) is 7.57. The molecule has 27 heavy (non-hydrogen) atoms. The zero-order valence-electron chi connectivity index (χ0n) is 13.9. The first-order valence-electron chi connectivity index (χ1n) is 7.76. The number of carbonyl (C=O) groups excluding carboxylic acids is 3. The lowest BCUT2D eigenvalue weighted by molar-refractivity contribution is -0.147. The second kappa shape index (κ2) is 9.89. The first-order chi connectivity index (χ1) is 12.9. The van der Waals surface area contributed by atoms with Crippen molar-refractivity contribution in [3.8, 4) is 0 Å². The smallest absolute Gasteiger partial charge is 0.325 e. The van der Waals surface area contributed by atoms with Crippen LogP contribution in [0.2, 0.25) is 10.0 Å². The largest absolute Gasteiger partial charge is 0.454 e. The minimum atomic E-state index is -0.811. The van der Waals surface area contributed by atoms with Gasteiger partial charge in [-0.3, -0.25) is 14.4 Å². The summed E-state index contributed by atoms with van der Waals surface area (Å²) in [5.41, 5.74) is 0.459. The van der Waals surface area contributed by atoms with E-state index < -0.39 is 36.8 Å². The summed E-state index contributed by atoms with van der Waals surface area (Å²) >= 11 is 11.6. The van der Waals surface area contributed by atoms with E-state index in [0.29, 0.717) is 10.6 Å². The molecule has 0 aromatic heterocycles. The summed E-state index contributed by atoms with van der Waals surface area (Å²) in [6.07, 6.45) is 0. The highest BCUT2D eigenvalue weighted by molar-refractivity contribution is 6.36. The first-order valence-corrected chi connectivity index (χ1v) is 8.51. The van der Waals surface area contributed by atoms with Gasteiger partial charge in [-0.05, 0) is 24.3 Å². The van der Waals surface area contributed by atoms with E-state index in [1.807, 2.05) is 0 Å². The Morgan fingerprint density at radius 3 is 2.48 bits per heavy atom. The van der Waals surface area contributed by atoms with Gasteiger partial charge in [0.05, 0.1) is 10.6 Å². The fourth-order valence-electron chi connectivity index (χ4n) is 2.00. The molecule has 0 aliphatic rings. The Morgan fingerprint density at radius 2 is 1.78 bits per heavy atom. The second-order valence-corrected chi connectivity index (χ2v) is 6.18. The molecule has 142 valence electrons. The molecule has 2 aromatic rings. The van der Waals surface area contributed by atoms with Crippen molar-refractivity contribution < 1.29 is 23.5 Å². The van der Waals surface area contributed by atoms with E-state index in [4.69, 9.17) is 27.9 Å². The molecule has 2 rings (SSSR count). The van der Waals surface area contributed by atoms with Crippen molar-refractivity contribution >= 4 is 41.0 Å². The van der Waals surface area contributed by atoms with Crippen LogP contribution in [-0.2, 0) is 20.9 Å². The van der Waals surface area contributed by atoms with E-state index in [9.17, 15) is 18.8 Å². The number of esters is 1. The molecule has 0 atom stereocenters. The molecular formula is C18H15Cl2FN2O4. The van der Waals surface area contributed by atoms with Crippen molar-refractivity contribution in [3.05, 3.63) is 69.5 Å². The number of nitrogens with one attached hydrogen (secondary N) is 2. The molecule has 2 N–H and O–H groups in total. The van der Waals surface area contributed by atoms with Gasteiger partial charge < -0.3 is 15.4 Å². The zero-order chi connectivity index (χ0) is 19.8. The van der Waals surface area contributed by atoms with E-state index in [0.717, 1.165) is 0 Å². The first kappa shape index (κ1) is 20.7. The van der Waals surface area contributed by atoms with Gasteiger partial charge in [0.1, 0.15) is 12.4 Å². The number of rotatable bonds is 7. The summed E-state index contributed by atoms with van der Waals surface area (Å²) in [7, 11) is 0. The monoisotopic (exact) mass is 412 g/mol. The van der Waals surface area contributed by atoms with Crippen LogP contribution in [0.25, 0.3) is 0 Å². The Balaban J connectivity index is 1.71. The number of benzene rings is 2. The third-order valence-corrected chi connectivity index (χ3v) is 3.91. The molecule has 0 unspecified atom stereocenters. The number of hydrogen-bond acceptors (Lipinski definition) is 4. The number of ether oxygens (including phenoxy) is 1. The molecule has 2 amide bonds. The molecule has 6 nitrogen and oxygen atoms in total. The van der Waals surface area contributed by atoms with Crippen molar-refractivity contribution in [3.63, 3.8) is 0 Å². The standard InChI is InChI=1S/C18H15Cl2FN2O4/c19-12-5-6-13(14(20)7-12)18(26)23-9-17(25)27-10-16(24)22-8-11-3-1-2-4-15(11)21/h1-7H,8-10H2,(H,22,24)(H,23,26). The molecule has 0 fully saturated rings. The lowest BCUT2D eigenvalue weighted by Crippen LogP contribution is -2.34. The maximum Gasteiger partial charge on any atom is 0.325 e. The Labute approximate surface area is 164 Å². The average Bonchev–Trinajstić information content (AvgIpc) is 2.63. The van der Waals surface area contributed by atoms with E-state index in [2.05, 4.69) is 10.6 Å². The minimum Gasteiger partial charge on any atom is -0.454 e. The molecule has 0 saturated carbocycles. The maximum absolute atomic E-state index is 13.4. The molecule has 0 aliphatic heterocycles. The molecule has 2 aromatic carbocycles. The summed E-state index contributed by atoms with van der Waals surface area (Å²) in [5.74, 6) is -2.44. The van der Waals surface area contributed by atoms with Gasteiger partial charge in [-0.1, -0.05) is 41.4 Å². The fourth-order valence-corrected chi connectivity index (χ4v) is 2.50. The number of amides is 2. The molecule has 0 heterocycles. The highest BCUT2D eigenvalue weighted by atomic mass is 35.5. The minimum absolute atomic E-state index is 0.0329. The average molecular weight is 413 g/mol. The predicted octanol–water partition coefficient (Wildman–Crippen LogP) is 2.72. The summed E-state index contributed by atoms with van der Waals surface area (Å²) in [6, 6.07) is 10.3. The second-order valence-electron chi connectivity index (χ2n) is 5.34. The van der Waals surface area contributed by atoms with E-state index in [-0.39, 0.29) is 17.1 Å². The van der Waals surface area contributed by atoms with Crippen LogP contribution in [0.4, 0.5) is 4.39 Å². The van der Waals surface area contributed by atoms with Gasteiger partial charge in [-0.2, -0.15) is 0 Å². The van der Waals surface area contributed by atoms with Crippen molar-refractivity contribution in [2.45, 2.75) is 6.54 Å². The van der Waals surface area contributed by atoms with Crippen molar-refractivity contribution in [1.29, 1.82) is 0 Å². The van der Waals surface area contributed by atoms with Crippen LogP contribution >= 0.6 is 23.2 Å². The van der Waals surface area contributed by atoms with Crippen molar-refractivity contribution in [2.24, 2.45) is 0 Å². The van der Waals surface area contributed by atoms with Gasteiger partial charge >= 0.3 is 5.97 Å². The Bertz CT molecular complexity index is 861. The SMILES string of the molecule is O=C(COC(=O)CNC(=O)c1ccc(Cl)cc1Cl)NCc1ccccc1F. The van der Waals surface area contributed by atoms with Crippen LogP contribution in [0.15, 0.2) is 42.5 Å². The fraction of sp³-hybridized carbons (Fsp3) is 0.167. The molecule has 9 heteroatoms. The summed E-state index contributed by atoms with van der Waals surface area (Å²) < 4.78 is 18.2. The van der Waals surface area contributed by atoms with E-state index >= 15 is 0 Å². The zero-order valence-corrected chi connectivity index (χ0v) is 15.4. The quantitative estimate of drug-likeness (QED) is 0.684. The van der Waals surface area contributed by atoms with E-state index in [1.165, 1.54) is 36.4 Å². The van der Waals surface area contributed by atoms with Gasteiger partial charge in [0, 0.05) is 17.1 Å². The summed E-state index contributed by atoms with van der Waals surface area (Å²) in [4.78, 5) is 35.2. The summed E-state index contributed by atoms with van der Waals surface area (Å²) in [6.45, 7) is -1.03. The van der Waals surface area contributed by atoms with Crippen LogP contribution in [0.3, 0.4) is 0 Å². The normalized spacial score (nSPS) is 10.2. The summed E-state index contributed by atoms with van der Waals surface area (Å²) in [5, 5.41) is 5.26. The lowest BCUT2D eigenvalue weighted by Gasteiger charge is -2.09. The number of halogens is 3. The van der Waals surface area contributed by atoms with Crippen molar-refractivity contribution in [2.75, 3.05) is 13.2 Å². The van der Waals surface area contributed by atoms with Crippen LogP contribution in [-0.4, -0.2) is 30.9 Å². The van der Waals surface area contributed by atoms with Crippen LogP contribution in [0, 0.1) is 5.82 Å². The van der Waals surface area contributed by atoms with Crippen molar-refractivity contribution in [1.82, 2.24) is 10.6 Å². The predicted molar refractivity (Wildman–Crippen MR) is 98.0 cm³/mol. The molecule has 0 spiro atoms. The van der Waals surface area contributed by atoms with Gasteiger partial charge in [-0.15, -0.1) is 0 Å².